The molecule has 0 radical (unpaired) electrons. The van der Waals surface area contributed by atoms with Crippen molar-refractivity contribution in [3.05, 3.63) is 0 Å². The number of amides is 1. The Balaban J connectivity index is -0.000000201. The second-order valence-corrected chi connectivity index (χ2v) is 9.18. The summed E-state index contributed by atoms with van der Waals surface area (Å²) in [6, 6.07) is 0. The van der Waals surface area contributed by atoms with Crippen molar-refractivity contribution in [2.24, 2.45) is 11.5 Å². The predicted molar refractivity (Wildman–Crippen MR) is 185 cm³/mol. The van der Waals surface area contributed by atoms with Crippen molar-refractivity contribution >= 4 is 23.6 Å². The molecule has 0 aromatic carbocycles. The maximum absolute atomic E-state index is 11.4. The molecule has 0 aliphatic carbocycles. The minimum Gasteiger partial charge on any atom is -0.480 e. The molecule has 0 atom stereocenters. The van der Waals surface area contributed by atoms with E-state index < -0.39 is 25.2 Å². The summed E-state index contributed by atoms with van der Waals surface area (Å²) in [7, 11) is 1.87. The molecule has 1 amide bonds. The van der Waals surface area contributed by atoms with Crippen molar-refractivity contribution in [3.63, 3.8) is 0 Å². The van der Waals surface area contributed by atoms with Crippen LogP contribution in [0.15, 0.2) is 0 Å². The summed E-state index contributed by atoms with van der Waals surface area (Å²) < 4.78 is 39.9. The van der Waals surface area contributed by atoms with Crippen LogP contribution < -0.4 is 22.1 Å². The number of nitrogens with one attached hydrogen (secondary N) is 2. The molecule has 0 spiro atoms. The maximum Gasteiger partial charge on any atom is 0.329 e. The van der Waals surface area contributed by atoms with Crippen LogP contribution in [-0.2, 0) is 57.1 Å². The van der Waals surface area contributed by atoms with Gasteiger partial charge < -0.3 is 70.2 Å². The molecule has 8 N–H and O–H groups in total. The average Bonchev–Trinajstić information content (AvgIpc) is 3.05. The van der Waals surface area contributed by atoms with Crippen molar-refractivity contribution < 1.29 is 67.3 Å². The monoisotopic (exact) mass is 720 g/mol. The molecule has 0 bridgehead atoms. The molecule has 0 aromatic rings. The number of carboxylic acids is 2. The van der Waals surface area contributed by atoms with Gasteiger partial charge in [-0.3, -0.25) is 9.59 Å². The Kier molecular flexibility index (Phi) is 60.0. The SMILES string of the molecule is C.CCCC.CNCCOCCOCCNC(=O)COCCOCC(C)=O.NCCOCCOCCN.O=C(O)COCCOCC(=O)O. The van der Waals surface area contributed by atoms with Crippen molar-refractivity contribution in [2.75, 3.05) is 139 Å². The highest BCUT2D eigenvalue weighted by Gasteiger charge is 2.01. The Bertz CT molecular complexity index is 667. The number of carbonyl (C=O) groups is 4. The summed E-state index contributed by atoms with van der Waals surface area (Å²) >= 11 is 0. The third kappa shape index (κ3) is 72.4. The van der Waals surface area contributed by atoms with Gasteiger partial charge in [0.15, 0.2) is 5.78 Å². The number of carboxylic acid groups (broad SMARTS) is 2. The van der Waals surface area contributed by atoms with Gasteiger partial charge in [0.2, 0.25) is 5.91 Å². The number of likely N-dealkylation sites (N-methyl/N-ethyl adjacent to an activating group) is 1. The van der Waals surface area contributed by atoms with E-state index in [0.717, 1.165) is 6.54 Å². The number of nitrogens with two attached hydrogens (primary N) is 2. The minimum atomic E-state index is -1.06. The van der Waals surface area contributed by atoms with Crippen LogP contribution in [0, 0.1) is 0 Å². The van der Waals surface area contributed by atoms with Crippen LogP contribution in [0.25, 0.3) is 0 Å². The molecule has 18 nitrogen and oxygen atoms in total. The van der Waals surface area contributed by atoms with Crippen LogP contribution in [0.4, 0.5) is 0 Å². The second-order valence-electron chi connectivity index (χ2n) is 9.18. The van der Waals surface area contributed by atoms with Crippen LogP contribution in [0.2, 0.25) is 0 Å². The summed E-state index contributed by atoms with van der Waals surface area (Å²) in [6.45, 7) is 12.7. The first-order valence-electron chi connectivity index (χ1n) is 16.0. The molecule has 0 aromatic heterocycles. The number of hydrogen-bond acceptors (Lipinski definition) is 15. The summed E-state index contributed by atoms with van der Waals surface area (Å²) in [6.07, 6.45) is 2.64. The van der Waals surface area contributed by atoms with E-state index in [1.165, 1.54) is 19.8 Å². The van der Waals surface area contributed by atoms with Crippen molar-refractivity contribution in [1.82, 2.24) is 10.6 Å². The summed E-state index contributed by atoms with van der Waals surface area (Å²) in [5.41, 5.74) is 10.4. The molecule has 0 aliphatic rings. The quantitative estimate of drug-likeness (QED) is 0.0495. The fourth-order valence-corrected chi connectivity index (χ4v) is 2.23. The number of rotatable bonds is 31. The Hall–Kier alpha value is -2.36. The van der Waals surface area contributed by atoms with Crippen molar-refractivity contribution in [1.29, 1.82) is 0 Å². The Morgan fingerprint density at radius 2 is 0.878 bits per heavy atom. The summed E-state index contributed by atoms with van der Waals surface area (Å²) in [5.74, 6) is -2.37. The van der Waals surface area contributed by atoms with Crippen LogP contribution in [-0.4, -0.2) is 173 Å². The second kappa shape index (κ2) is 52.5. The Labute approximate surface area is 293 Å². The lowest BCUT2D eigenvalue weighted by molar-refractivity contribution is -0.146. The van der Waals surface area contributed by atoms with E-state index in [-0.39, 0.29) is 52.2 Å². The Morgan fingerprint density at radius 1 is 0.531 bits per heavy atom. The normalized spacial score (nSPS) is 9.84. The van der Waals surface area contributed by atoms with E-state index in [0.29, 0.717) is 79.1 Å². The van der Waals surface area contributed by atoms with E-state index in [1.807, 2.05) is 7.05 Å². The number of hydrogen-bond donors (Lipinski definition) is 6. The fourth-order valence-electron chi connectivity index (χ4n) is 2.23. The largest absolute Gasteiger partial charge is 0.480 e. The Morgan fingerprint density at radius 3 is 1.22 bits per heavy atom. The van der Waals surface area contributed by atoms with E-state index in [2.05, 4.69) is 34.0 Å². The van der Waals surface area contributed by atoms with Gasteiger partial charge in [-0.1, -0.05) is 34.1 Å². The first-order chi connectivity index (χ1) is 23.1. The van der Waals surface area contributed by atoms with Crippen molar-refractivity contribution in [2.45, 2.75) is 41.0 Å². The number of aliphatic carboxylic acids is 2. The molecular weight excluding hydrogens is 652 g/mol. The molecule has 0 rings (SSSR count). The van der Waals surface area contributed by atoms with Crippen LogP contribution in [0.5, 0.6) is 0 Å². The smallest absolute Gasteiger partial charge is 0.329 e. The number of ether oxygens (including phenoxy) is 8. The lowest BCUT2D eigenvalue weighted by atomic mass is 10.4. The third-order valence-corrected chi connectivity index (χ3v) is 4.57. The van der Waals surface area contributed by atoms with Gasteiger partial charge in [-0.05, 0) is 14.0 Å². The van der Waals surface area contributed by atoms with Crippen LogP contribution in [0.1, 0.15) is 41.0 Å². The molecule has 0 unspecified atom stereocenters. The standard InChI is InChI=1S/C14H28N2O6.C6H16N2O2.C6H10O6.C4H10.CH4/c1-13(17)11-21-9-10-22-12-14(18)16-4-6-20-8-7-19-5-3-15-2;7-1-3-9-5-6-10-4-2-8;7-5(8)3-11-1-2-12-4-6(9)10;1-3-4-2;/h15H,3-12H2,1-2H3,(H,16,18);1-8H2;1-4H2,(H,7,8)(H,9,10);3-4H2,1-2H3;1H4. The van der Waals surface area contributed by atoms with Gasteiger partial charge >= 0.3 is 11.9 Å². The van der Waals surface area contributed by atoms with Gasteiger partial charge in [0.1, 0.15) is 26.4 Å². The molecule has 0 heterocycles. The molecule has 0 aliphatic heterocycles. The molecule has 0 saturated heterocycles. The lowest BCUT2D eigenvalue weighted by Gasteiger charge is -2.08. The van der Waals surface area contributed by atoms with E-state index >= 15 is 0 Å². The number of Topliss-reactive ketones (excluding diaryl/α,β-unsaturated/α-hetero) is 1. The molecule has 49 heavy (non-hydrogen) atoms. The zero-order chi connectivity index (χ0) is 36.9. The number of ketones is 1. The van der Waals surface area contributed by atoms with E-state index in [1.54, 1.807) is 0 Å². The highest BCUT2D eigenvalue weighted by molar-refractivity contribution is 5.77. The van der Waals surface area contributed by atoms with E-state index in [4.69, 9.17) is 50.1 Å². The lowest BCUT2D eigenvalue weighted by Crippen LogP contribution is -2.31. The molecule has 0 fully saturated rings. The van der Waals surface area contributed by atoms with Gasteiger partial charge in [-0.2, -0.15) is 0 Å². The minimum absolute atomic E-state index is 0. The van der Waals surface area contributed by atoms with Crippen LogP contribution in [0.3, 0.4) is 0 Å². The molecule has 296 valence electrons. The number of carbonyl (C=O) groups excluding carboxylic acids is 2. The van der Waals surface area contributed by atoms with Gasteiger partial charge in [-0.15, -0.1) is 0 Å². The molecule has 18 heteroatoms. The van der Waals surface area contributed by atoms with Gasteiger partial charge in [0.25, 0.3) is 0 Å². The molecular formula is C31H68N4O14. The topological polar surface area (TPSA) is 259 Å². The average molecular weight is 721 g/mol. The van der Waals surface area contributed by atoms with Gasteiger partial charge in [0.05, 0.1) is 79.3 Å². The first kappa shape index (κ1) is 56.0. The number of unbranched alkanes of at least 4 members (excludes halogenated alkanes) is 1. The summed E-state index contributed by atoms with van der Waals surface area (Å²) in [4.78, 5) is 41.7. The third-order valence-electron chi connectivity index (χ3n) is 4.57. The first-order valence-corrected chi connectivity index (χ1v) is 16.0. The van der Waals surface area contributed by atoms with Gasteiger partial charge in [-0.25, -0.2) is 9.59 Å². The van der Waals surface area contributed by atoms with Crippen molar-refractivity contribution in [3.8, 4) is 0 Å². The van der Waals surface area contributed by atoms with E-state index in [9.17, 15) is 19.2 Å². The molecule has 0 saturated carbocycles. The highest BCUT2D eigenvalue weighted by atomic mass is 16.5. The summed E-state index contributed by atoms with van der Waals surface area (Å²) in [5, 5.41) is 21.8. The van der Waals surface area contributed by atoms with Gasteiger partial charge in [0, 0.05) is 26.2 Å². The fraction of sp³-hybridized carbons (Fsp3) is 0.871. The zero-order valence-corrected chi connectivity index (χ0v) is 29.5. The predicted octanol–water partition coefficient (Wildman–Crippen LogP) is -0.454. The zero-order valence-electron chi connectivity index (χ0n) is 29.5. The maximum atomic E-state index is 11.4. The highest BCUT2D eigenvalue weighted by Crippen LogP contribution is 1.82. The van der Waals surface area contributed by atoms with Crippen LogP contribution >= 0.6 is 0 Å².